The number of carbonyl (C=O) groups is 4. The van der Waals surface area contributed by atoms with Gasteiger partial charge in [0.1, 0.15) is 6.54 Å². The zero-order valence-corrected chi connectivity index (χ0v) is 14.4. The Morgan fingerprint density at radius 2 is 1.88 bits per heavy atom. The maximum absolute atomic E-state index is 12.3. The summed E-state index contributed by atoms with van der Waals surface area (Å²) in [7, 11) is 0. The number of hydrogen-bond acceptors (Lipinski definition) is 6. The molecule has 0 unspecified atom stereocenters. The van der Waals surface area contributed by atoms with E-state index in [1.165, 1.54) is 6.20 Å². The summed E-state index contributed by atoms with van der Waals surface area (Å²) in [6, 6.07) is 3.14. The standard InChI is InChI=1S/C17H16ClN3O5/c18-15-12(6-3-7-19-15)20-13(22)9-26-14(23)8-21-16(24)10-4-1-2-5-11(10)17(21)25/h1-3,6-7,10-11H,4-5,8-9H2,(H,20,22)/t10-,11+. The van der Waals surface area contributed by atoms with Gasteiger partial charge in [-0.25, -0.2) is 4.98 Å². The van der Waals surface area contributed by atoms with E-state index in [1.807, 2.05) is 12.2 Å². The van der Waals surface area contributed by atoms with E-state index in [-0.39, 0.29) is 22.7 Å². The van der Waals surface area contributed by atoms with Crippen LogP contribution in [0.3, 0.4) is 0 Å². The zero-order chi connectivity index (χ0) is 18.7. The molecule has 8 nitrogen and oxygen atoms in total. The number of ether oxygens (including phenoxy) is 1. The van der Waals surface area contributed by atoms with E-state index >= 15 is 0 Å². The number of carbonyl (C=O) groups excluding carboxylic acids is 4. The van der Waals surface area contributed by atoms with Gasteiger partial charge in [0.2, 0.25) is 11.8 Å². The van der Waals surface area contributed by atoms with Crippen LogP contribution in [0.2, 0.25) is 5.15 Å². The van der Waals surface area contributed by atoms with E-state index in [0.29, 0.717) is 12.8 Å². The van der Waals surface area contributed by atoms with Gasteiger partial charge in [-0.3, -0.25) is 24.1 Å². The first kappa shape index (κ1) is 18.1. The number of hydrogen-bond donors (Lipinski definition) is 1. The Kier molecular flexibility index (Phi) is 5.32. The van der Waals surface area contributed by atoms with E-state index in [9.17, 15) is 19.2 Å². The van der Waals surface area contributed by atoms with Crippen LogP contribution in [0.1, 0.15) is 12.8 Å². The number of aromatic nitrogens is 1. The lowest BCUT2D eigenvalue weighted by atomic mass is 9.85. The van der Waals surface area contributed by atoms with Gasteiger partial charge in [0.25, 0.3) is 5.91 Å². The highest BCUT2D eigenvalue weighted by molar-refractivity contribution is 6.32. The van der Waals surface area contributed by atoms with Crippen molar-refractivity contribution in [3.05, 3.63) is 35.6 Å². The van der Waals surface area contributed by atoms with Crippen LogP contribution in [-0.2, 0) is 23.9 Å². The third-order valence-electron chi connectivity index (χ3n) is 4.28. The van der Waals surface area contributed by atoms with Crippen molar-refractivity contribution < 1.29 is 23.9 Å². The van der Waals surface area contributed by atoms with Gasteiger partial charge in [-0.1, -0.05) is 23.8 Å². The third kappa shape index (κ3) is 3.75. The van der Waals surface area contributed by atoms with E-state index in [1.54, 1.807) is 12.1 Å². The SMILES string of the molecule is O=C(COC(=O)CN1C(=O)[C@H]2CC=CC[C@H]2C1=O)Nc1cccnc1Cl. The summed E-state index contributed by atoms with van der Waals surface area (Å²) < 4.78 is 4.85. The molecule has 2 heterocycles. The highest BCUT2D eigenvalue weighted by Crippen LogP contribution is 2.34. The minimum Gasteiger partial charge on any atom is -0.454 e. The first-order valence-corrected chi connectivity index (χ1v) is 8.41. The summed E-state index contributed by atoms with van der Waals surface area (Å²) in [4.78, 5) is 53.0. The number of likely N-dealkylation sites (tertiary alicyclic amines) is 1. The number of nitrogens with one attached hydrogen (secondary N) is 1. The molecular formula is C17H16ClN3O5. The quantitative estimate of drug-likeness (QED) is 0.357. The van der Waals surface area contributed by atoms with Crippen molar-refractivity contribution in [3.63, 3.8) is 0 Å². The van der Waals surface area contributed by atoms with Crippen molar-refractivity contribution in [1.82, 2.24) is 9.88 Å². The molecule has 1 saturated heterocycles. The fourth-order valence-electron chi connectivity index (χ4n) is 3.01. The van der Waals surface area contributed by atoms with Crippen molar-refractivity contribution in [1.29, 1.82) is 0 Å². The molecule has 2 aliphatic rings. The summed E-state index contributed by atoms with van der Waals surface area (Å²) in [5.41, 5.74) is 0.289. The van der Waals surface area contributed by atoms with Crippen molar-refractivity contribution in [2.24, 2.45) is 11.8 Å². The Bertz CT molecular complexity index is 768. The van der Waals surface area contributed by atoms with Crippen LogP contribution in [0.5, 0.6) is 0 Å². The lowest BCUT2D eigenvalue weighted by molar-refractivity contribution is -0.154. The molecule has 9 heteroatoms. The zero-order valence-electron chi connectivity index (χ0n) is 13.7. The number of imide groups is 1. The summed E-state index contributed by atoms with van der Waals surface area (Å²) in [6.45, 7) is -1.06. The van der Waals surface area contributed by atoms with Crippen LogP contribution in [0.25, 0.3) is 0 Å². The molecule has 0 radical (unpaired) electrons. The van der Waals surface area contributed by atoms with E-state index in [4.69, 9.17) is 16.3 Å². The van der Waals surface area contributed by atoms with Gasteiger partial charge in [-0.15, -0.1) is 0 Å². The second-order valence-corrected chi connectivity index (χ2v) is 6.33. The minimum absolute atomic E-state index is 0.108. The van der Waals surface area contributed by atoms with Crippen molar-refractivity contribution in [2.75, 3.05) is 18.5 Å². The lowest BCUT2D eigenvalue weighted by Crippen LogP contribution is -2.37. The predicted molar refractivity (Wildman–Crippen MR) is 90.9 cm³/mol. The molecule has 0 aromatic carbocycles. The molecule has 136 valence electrons. The number of esters is 1. The van der Waals surface area contributed by atoms with Gasteiger partial charge in [-0.2, -0.15) is 0 Å². The van der Waals surface area contributed by atoms with Crippen LogP contribution in [0, 0.1) is 11.8 Å². The molecule has 1 aliphatic heterocycles. The number of fused-ring (bicyclic) bond motifs is 1. The Balaban J connectivity index is 1.50. The molecule has 3 amide bonds. The van der Waals surface area contributed by atoms with Crippen LogP contribution in [0.15, 0.2) is 30.5 Å². The maximum atomic E-state index is 12.3. The molecule has 0 bridgehead atoms. The predicted octanol–water partition coefficient (Wildman–Crippen LogP) is 1.17. The molecule has 0 spiro atoms. The number of halogens is 1. The van der Waals surface area contributed by atoms with Crippen LogP contribution in [-0.4, -0.2) is 46.7 Å². The molecule has 1 aromatic heterocycles. The normalized spacial score (nSPS) is 21.5. The van der Waals surface area contributed by atoms with Gasteiger partial charge in [0.05, 0.1) is 17.5 Å². The molecule has 3 rings (SSSR count). The maximum Gasteiger partial charge on any atom is 0.326 e. The van der Waals surface area contributed by atoms with Gasteiger partial charge in [0.15, 0.2) is 11.8 Å². The average molecular weight is 378 g/mol. The fraction of sp³-hybridized carbons (Fsp3) is 0.353. The topological polar surface area (TPSA) is 106 Å². The van der Waals surface area contributed by atoms with Gasteiger partial charge in [-0.05, 0) is 25.0 Å². The van der Waals surface area contributed by atoms with Gasteiger partial charge < -0.3 is 10.1 Å². The number of rotatable bonds is 5. The third-order valence-corrected chi connectivity index (χ3v) is 4.58. The second-order valence-electron chi connectivity index (χ2n) is 5.97. The molecule has 2 atom stereocenters. The van der Waals surface area contributed by atoms with Crippen LogP contribution < -0.4 is 5.32 Å². The Morgan fingerprint density at radius 1 is 1.23 bits per heavy atom. The van der Waals surface area contributed by atoms with E-state index in [0.717, 1.165) is 4.90 Å². The molecule has 0 saturated carbocycles. The lowest BCUT2D eigenvalue weighted by Gasteiger charge is -2.14. The Morgan fingerprint density at radius 3 is 2.50 bits per heavy atom. The first-order chi connectivity index (χ1) is 12.5. The second kappa shape index (κ2) is 7.65. The van der Waals surface area contributed by atoms with Crippen molar-refractivity contribution in [3.8, 4) is 0 Å². The monoisotopic (exact) mass is 377 g/mol. The number of amides is 3. The number of allylic oxidation sites excluding steroid dienone is 2. The smallest absolute Gasteiger partial charge is 0.326 e. The highest BCUT2D eigenvalue weighted by atomic mass is 35.5. The van der Waals surface area contributed by atoms with Gasteiger partial charge >= 0.3 is 5.97 Å². The van der Waals surface area contributed by atoms with Crippen LogP contribution in [0.4, 0.5) is 5.69 Å². The number of anilines is 1. The van der Waals surface area contributed by atoms with Gasteiger partial charge in [0, 0.05) is 6.20 Å². The minimum atomic E-state index is -0.828. The molecule has 1 fully saturated rings. The number of nitrogens with zero attached hydrogens (tertiary/aromatic N) is 2. The number of pyridine rings is 1. The molecule has 1 aliphatic carbocycles. The summed E-state index contributed by atoms with van der Waals surface area (Å²) in [5, 5.41) is 2.56. The molecule has 1 aromatic rings. The fourth-order valence-corrected chi connectivity index (χ4v) is 3.18. The summed E-state index contributed by atoms with van der Waals surface area (Å²) >= 11 is 5.82. The average Bonchev–Trinajstić information content (AvgIpc) is 2.87. The summed E-state index contributed by atoms with van der Waals surface area (Å²) in [5.74, 6) is -2.98. The Hall–Kier alpha value is -2.74. The Labute approximate surface area is 154 Å². The van der Waals surface area contributed by atoms with Crippen molar-refractivity contribution >= 4 is 41.0 Å². The summed E-state index contributed by atoms with van der Waals surface area (Å²) in [6.07, 6.45) is 6.18. The van der Waals surface area contributed by atoms with E-state index < -0.39 is 36.9 Å². The largest absolute Gasteiger partial charge is 0.454 e. The first-order valence-electron chi connectivity index (χ1n) is 8.03. The molecule has 1 N–H and O–H groups in total. The molecule has 26 heavy (non-hydrogen) atoms. The highest BCUT2D eigenvalue weighted by Gasteiger charge is 2.47. The van der Waals surface area contributed by atoms with Crippen LogP contribution >= 0.6 is 11.6 Å². The van der Waals surface area contributed by atoms with E-state index in [2.05, 4.69) is 10.3 Å². The van der Waals surface area contributed by atoms with Crippen molar-refractivity contribution in [2.45, 2.75) is 12.8 Å². The molecular weight excluding hydrogens is 362 g/mol.